The maximum atomic E-state index is 12.6. The summed E-state index contributed by atoms with van der Waals surface area (Å²) in [5, 5.41) is 7.63. The summed E-state index contributed by atoms with van der Waals surface area (Å²) in [6.07, 6.45) is 3.81. The van der Waals surface area contributed by atoms with Gasteiger partial charge in [0.05, 0.1) is 17.4 Å². The second kappa shape index (κ2) is 10.3. The second-order valence-corrected chi connectivity index (χ2v) is 8.51. The summed E-state index contributed by atoms with van der Waals surface area (Å²) in [4.78, 5) is 39.3. The number of para-hydroxylation sites is 1. The second-order valence-electron chi connectivity index (χ2n) is 8.51. The lowest BCUT2D eigenvalue weighted by molar-refractivity contribution is -0.121. The zero-order valence-corrected chi connectivity index (χ0v) is 19.6. The Balaban J connectivity index is 1.25. The van der Waals surface area contributed by atoms with Crippen molar-refractivity contribution >= 4 is 16.8 Å². The van der Waals surface area contributed by atoms with E-state index in [-0.39, 0.29) is 18.9 Å². The minimum Gasteiger partial charge on any atom is -0.352 e. The van der Waals surface area contributed by atoms with Gasteiger partial charge in [-0.15, -0.1) is 0 Å². The van der Waals surface area contributed by atoms with E-state index in [0.29, 0.717) is 24.0 Å². The highest BCUT2D eigenvalue weighted by molar-refractivity contribution is 5.79. The number of hydrogen-bond acceptors (Lipinski definition) is 4. The Morgan fingerprint density at radius 3 is 2.50 bits per heavy atom. The van der Waals surface area contributed by atoms with Gasteiger partial charge in [-0.3, -0.25) is 23.8 Å². The summed E-state index contributed by atoms with van der Waals surface area (Å²) in [5.41, 5.74) is 3.83. The molecular formula is C28H25N5O3. The topological polar surface area (TPSA) is 102 Å². The van der Waals surface area contributed by atoms with Crippen LogP contribution in [0.15, 0.2) is 101 Å². The fraction of sp³-hybridized carbons (Fsp3) is 0.143. The van der Waals surface area contributed by atoms with Crippen LogP contribution in [0, 0.1) is 0 Å². The lowest BCUT2D eigenvalue weighted by atomic mass is 9.98. The summed E-state index contributed by atoms with van der Waals surface area (Å²) >= 11 is 0. The lowest BCUT2D eigenvalue weighted by Gasteiger charge is -2.13. The molecule has 0 radical (unpaired) electrons. The van der Waals surface area contributed by atoms with Gasteiger partial charge in [-0.05, 0) is 40.5 Å². The third kappa shape index (κ3) is 5.02. The minimum atomic E-state index is -0.521. The van der Waals surface area contributed by atoms with Crippen LogP contribution in [0.1, 0.15) is 17.5 Å². The van der Waals surface area contributed by atoms with Crippen LogP contribution in [0.4, 0.5) is 0 Å². The highest BCUT2D eigenvalue weighted by Crippen LogP contribution is 2.24. The van der Waals surface area contributed by atoms with E-state index in [9.17, 15) is 14.4 Å². The minimum absolute atomic E-state index is 0.111. The molecule has 0 unspecified atom stereocenters. The monoisotopic (exact) mass is 479 g/mol. The van der Waals surface area contributed by atoms with Gasteiger partial charge in [-0.2, -0.15) is 5.10 Å². The molecule has 8 heteroatoms. The Hall–Kier alpha value is -4.72. The first-order valence-electron chi connectivity index (χ1n) is 11.7. The average molecular weight is 480 g/mol. The van der Waals surface area contributed by atoms with Crippen LogP contribution < -0.4 is 16.6 Å². The predicted octanol–water partition coefficient (Wildman–Crippen LogP) is 3.31. The molecule has 8 nitrogen and oxygen atoms in total. The number of fused-ring (bicyclic) bond motifs is 1. The third-order valence-corrected chi connectivity index (χ3v) is 6.13. The molecule has 0 fully saturated rings. The van der Waals surface area contributed by atoms with E-state index in [1.165, 1.54) is 4.57 Å². The molecule has 2 N–H and O–H groups in total. The molecule has 0 spiro atoms. The molecule has 5 rings (SSSR count). The van der Waals surface area contributed by atoms with Crippen LogP contribution in [0.5, 0.6) is 0 Å². The van der Waals surface area contributed by atoms with E-state index >= 15 is 0 Å². The Morgan fingerprint density at radius 1 is 0.917 bits per heavy atom. The summed E-state index contributed by atoms with van der Waals surface area (Å²) < 4.78 is 3.30. The molecule has 180 valence electrons. The van der Waals surface area contributed by atoms with Crippen molar-refractivity contribution in [2.45, 2.75) is 26.1 Å². The van der Waals surface area contributed by atoms with Gasteiger partial charge >= 0.3 is 5.69 Å². The standard InChI is InChI=1S/C28H25N5O3/c34-26(14-17-33-25-9-4-3-8-24(25)27(35)31-28(33)36)29-18-22-6-1-2-7-23(22)21-12-10-20(11-13-21)19-32-16-5-15-30-32/h1-13,15-16H,14,17-19H2,(H,29,34)(H,31,35,36). The van der Waals surface area contributed by atoms with Crippen molar-refractivity contribution in [3.63, 3.8) is 0 Å². The number of nitrogens with one attached hydrogen (secondary N) is 2. The van der Waals surface area contributed by atoms with Crippen LogP contribution in [0.25, 0.3) is 22.0 Å². The van der Waals surface area contributed by atoms with E-state index in [0.717, 1.165) is 22.3 Å². The zero-order valence-electron chi connectivity index (χ0n) is 19.6. The Kier molecular flexibility index (Phi) is 6.57. The molecule has 0 bridgehead atoms. The van der Waals surface area contributed by atoms with Gasteiger partial charge in [0, 0.05) is 31.9 Å². The predicted molar refractivity (Wildman–Crippen MR) is 138 cm³/mol. The van der Waals surface area contributed by atoms with Crippen LogP contribution in [0.3, 0.4) is 0 Å². The van der Waals surface area contributed by atoms with E-state index in [4.69, 9.17) is 0 Å². The van der Waals surface area contributed by atoms with Gasteiger partial charge in [0.1, 0.15) is 0 Å². The Morgan fingerprint density at radius 2 is 1.69 bits per heavy atom. The van der Waals surface area contributed by atoms with Gasteiger partial charge in [0.25, 0.3) is 5.56 Å². The van der Waals surface area contributed by atoms with Crippen molar-refractivity contribution < 1.29 is 4.79 Å². The molecule has 0 aliphatic heterocycles. The van der Waals surface area contributed by atoms with Crippen molar-refractivity contribution in [2.75, 3.05) is 0 Å². The normalized spacial score (nSPS) is 11.0. The van der Waals surface area contributed by atoms with Crippen LogP contribution in [-0.4, -0.2) is 25.2 Å². The van der Waals surface area contributed by atoms with Crippen molar-refractivity contribution in [3.05, 3.63) is 123 Å². The quantitative estimate of drug-likeness (QED) is 0.357. The molecule has 0 saturated carbocycles. The Bertz CT molecular complexity index is 1620. The number of aromatic amines is 1. The molecule has 0 atom stereocenters. The molecule has 0 aliphatic carbocycles. The van der Waals surface area contributed by atoms with E-state index in [1.54, 1.807) is 30.5 Å². The van der Waals surface area contributed by atoms with Gasteiger partial charge in [-0.25, -0.2) is 4.79 Å². The van der Waals surface area contributed by atoms with Gasteiger partial charge < -0.3 is 5.32 Å². The van der Waals surface area contributed by atoms with E-state index in [1.807, 2.05) is 41.2 Å². The number of hydrogen-bond donors (Lipinski definition) is 2. The molecule has 3 aromatic carbocycles. The summed E-state index contributed by atoms with van der Waals surface area (Å²) in [5.74, 6) is -0.179. The highest BCUT2D eigenvalue weighted by atomic mass is 16.2. The summed E-state index contributed by atoms with van der Waals surface area (Å²) in [6.45, 7) is 1.24. The van der Waals surface area contributed by atoms with E-state index < -0.39 is 11.2 Å². The molecule has 2 aromatic heterocycles. The number of carbonyl (C=O) groups excluding carboxylic acids is 1. The number of aryl methyl sites for hydroxylation is 1. The first kappa shape index (κ1) is 23.0. The van der Waals surface area contributed by atoms with Gasteiger partial charge in [-0.1, -0.05) is 60.7 Å². The SMILES string of the molecule is O=C(CCn1c(=O)[nH]c(=O)c2ccccc21)NCc1ccccc1-c1ccc(Cn2cccn2)cc1. The van der Waals surface area contributed by atoms with Crippen LogP contribution in [0.2, 0.25) is 0 Å². The highest BCUT2D eigenvalue weighted by Gasteiger charge is 2.10. The van der Waals surface area contributed by atoms with Crippen LogP contribution in [-0.2, 0) is 24.4 Å². The number of benzene rings is 3. The molecule has 5 aromatic rings. The fourth-order valence-corrected chi connectivity index (χ4v) is 4.29. The number of carbonyl (C=O) groups is 1. The number of nitrogens with zero attached hydrogens (tertiary/aromatic N) is 3. The van der Waals surface area contributed by atoms with Crippen molar-refractivity contribution in [2.24, 2.45) is 0 Å². The molecule has 0 aliphatic rings. The zero-order chi connectivity index (χ0) is 24.9. The largest absolute Gasteiger partial charge is 0.352 e. The third-order valence-electron chi connectivity index (χ3n) is 6.13. The smallest absolute Gasteiger partial charge is 0.328 e. The lowest BCUT2D eigenvalue weighted by Crippen LogP contribution is -2.32. The molecule has 36 heavy (non-hydrogen) atoms. The number of amides is 1. The maximum Gasteiger partial charge on any atom is 0.328 e. The Labute approximate surface area is 206 Å². The molecule has 2 heterocycles. The van der Waals surface area contributed by atoms with Crippen molar-refractivity contribution in [3.8, 4) is 11.1 Å². The van der Waals surface area contributed by atoms with Crippen molar-refractivity contribution in [1.29, 1.82) is 0 Å². The maximum absolute atomic E-state index is 12.6. The van der Waals surface area contributed by atoms with Crippen LogP contribution >= 0.6 is 0 Å². The average Bonchev–Trinajstić information content (AvgIpc) is 3.41. The first-order valence-corrected chi connectivity index (χ1v) is 11.7. The van der Waals surface area contributed by atoms with Gasteiger partial charge in [0.15, 0.2) is 0 Å². The number of aromatic nitrogens is 4. The number of rotatable bonds is 8. The molecule has 0 saturated heterocycles. The van der Waals surface area contributed by atoms with E-state index in [2.05, 4.69) is 39.7 Å². The van der Waals surface area contributed by atoms with Crippen molar-refractivity contribution in [1.82, 2.24) is 24.6 Å². The molecule has 1 amide bonds. The van der Waals surface area contributed by atoms with Gasteiger partial charge in [0.2, 0.25) is 5.91 Å². The summed E-state index contributed by atoms with van der Waals surface area (Å²) in [6, 6.07) is 25.0. The summed E-state index contributed by atoms with van der Waals surface area (Å²) in [7, 11) is 0. The molecular weight excluding hydrogens is 454 g/mol. The fourth-order valence-electron chi connectivity index (χ4n) is 4.29. The number of H-pyrrole nitrogens is 1. The first-order chi connectivity index (χ1) is 17.6.